The number of ether oxygens (including phenoxy) is 1. The van der Waals surface area contributed by atoms with E-state index in [9.17, 15) is 4.79 Å². The van der Waals surface area contributed by atoms with Crippen LogP contribution in [0.5, 0.6) is 5.75 Å². The van der Waals surface area contributed by atoms with Gasteiger partial charge in [0, 0.05) is 19.0 Å². The molecule has 0 saturated heterocycles. The number of halogens is 1. The molecule has 1 aliphatic heterocycles. The van der Waals surface area contributed by atoms with Gasteiger partial charge in [-0.2, -0.15) is 0 Å². The van der Waals surface area contributed by atoms with E-state index in [1.807, 2.05) is 6.07 Å². The van der Waals surface area contributed by atoms with Crippen LogP contribution in [-0.2, 0) is 11.2 Å². The molecule has 21 heavy (non-hydrogen) atoms. The van der Waals surface area contributed by atoms with Crippen LogP contribution < -0.4 is 15.4 Å². The Labute approximate surface area is 133 Å². The predicted molar refractivity (Wildman–Crippen MR) is 87.4 cm³/mol. The number of benzene rings is 1. The van der Waals surface area contributed by atoms with E-state index in [1.54, 1.807) is 0 Å². The minimum absolute atomic E-state index is 0. The zero-order chi connectivity index (χ0) is 14.7. The van der Waals surface area contributed by atoms with Crippen LogP contribution in [0.4, 0.5) is 0 Å². The summed E-state index contributed by atoms with van der Waals surface area (Å²) in [5.41, 5.74) is 3.58. The van der Waals surface area contributed by atoms with Crippen molar-refractivity contribution in [2.24, 2.45) is 0 Å². The Bertz CT molecular complexity index is 474. The summed E-state index contributed by atoms with van der Waals surface area (Å²) in [4.78, 5) is 12.1. The molecule has 1 aromatic carbocycles. The average molecular weight is 313 g/mol. The fraction of sp³-hybridized carbons (Fsp3) is 0.562. The smallest absolute Gasteiger partial charge is 0.261 e. The standard InChI is InChI=1S/C16H24N2O2.ClH/c1-5-17-12(4)9-18-16(19)15-8-13-6-10(2)11(3)7-14(13)20-15;/h6-7,12,15,17H,5,8-9H2,1-4H3,(H,18,19);1H/t12-,15?;/m1./s1. The summed E-state index contributed by atoms with van der Waals surface area (Å²) in [6.07, 6.45) is 0.276. The summed E-state index contributed by atoms with van der Waals surface area (Å²) in [6.45, 7) is 9.79. The lowest BCUT2D eigenvalue weighted by molar-refractivity contribution is -0.127. The highest BCUT2D eigenvalue weighted by molar-refractivity contribution is 5.85. The molecule has 2 atom stereocenters. The molecule has 4 nitrogen and oxygen atoms in total. The SMILES string of the molecule is CCN[C@H](C)CNC(=O)C1Cc2cc(C)c(C)cc2O1.Cl. The Morgan fingerprint density at radius 3 is 2.71 bits per heavy atom. The molecule has 1 aliphatic rings. The number of carbonyl (C=O) groups excluding carboxylic acids is 1. The Hall–Kier alpha value is -1.26. The Morgan fingerprint density at radius 2 is 2.05 bits per heavy atom. The summed E-state index contributed by atoms with van der Waals surface area (Å²) in [5.74, 6) is 0.828. The minimum atomic E-state index is -0.389. The van der Waals surface area contributed by atoms with Crippen molar-refractivity contribution >= 4 is 18.3 Å². The highest BCUT2D eigenvalue weighted by Crippen LogP contribution is 2.31. The van der Waals surface area contributed by atoms with E-state index in [0.29, 0.717) is 13.0 Å². The number of hydrogen-bond donors (Lipinski definition) is 2. The van der Waals surface area contributed by atoms with E-state index >= 15 is 0 Å². The largest absolute Gasteiger partial charge is 0.480 e. The molecular formula is C16H25ClN2O2. The summed E-state index contributed by atoms with van der Waals surface area (Å²) in [5, 5.41) is 6.21. The number of likely N-dealkylation sites (N-methyl/N-ethyl adjacent to an activating group) is 1. The summed E-state index contributed by atoms with van der Waals surface area (Å²) in [7, 11) is 0. The maximum atomic E-state index is 12.1. The first-order chi connectivity index (χ1) is 9.51. The molecule has 0 fully saturated rings. The van der Waals surface area contributed by atoms with E-state index in [0.717, 1.165) is 17.9 Å². The quantitative estimate of drug-likeness (QED) is 0.876. The van der Waals surface area contributed by atoms with Crippen molar-refractivity contribution in [3.8, 4) is 5.75 Å². The van der Waals surface area contributed by atoms with Gasteiger partial charge in [0.05, 0.1) is 0 Å². The van der Waals surface area contributed by atoms with Gasteiger partial charge in [-0.15, -0.1) is 12.4 Å². The minimum Gasteiger partial charge on any atom is -0.480 e. The van der Waals surface area contributed by atoms with Gasteiger partial charge < -0.3 is 15.4 Å². The fourth-order valence-corrected chi connectivity index (χ4v) is 2.45. The maximum absolute atomic E-state index is 12.1. The average Bonchev–Trinajstić information content (AvgIpc) is 2.80. The van der Waals surface area contributed by atoms with Crippen LogP contribution in [0.3, 0.4) is 0 Å². The van der Waals surface area contributed by atoms with Crippen molar-refractivity contribution in [3.05, 3.63) is 28.8 Å². The second-order valence-electron chi connectivity index (χ2n) is 5.56. The number of rotatable bonds is 5. The van der Waals surface area contributed by atoms with Crippen LogP contribution in [0.15, 0.2) is 12.1 Å². The molecule has 1 heterocycles. The van der Waals surface area contributed by atoms with Gasteiger partial charge in [-0.05, 0) is 50.1 Å². The molecule has 118 valence electrons. The number of amides is 1. The van der Waals surface area contributed by atoms with Gasteiger partial charge in [-0.25, -0.2) is 0 Å². The summed E-state index contributed by atoms with van der Waals surface area (Å²) >= 11 is 0. The first-order valence-electron chi connectivity index (χ1n) is 7.29. The second-order valence-corrected chi connectivity index (χ2v) is 5.56. The van der Waals surface area contributed by atoms with E-state index in [2.05, 4.69) is 44.4 Å². The van der Waals surface area contributed by atoms with Crippen LogP contribution in [0, 0.1) is 13.8 Å². The zero-order valence-electron chi connectivity index (χ0n) is 13.2. The highest BCUT2D eigenvalue weighted by atomic mass is 35.5. The monoisotopic (exact) mass is 312 g/mol. The molecule has 0 aliphatic carbocycles. The molecular weight excluding hydrogens is 288 g/mol. The van der Waals surface area contributed by atoms with Gasteiger partial charge in [0.15, 0.2) is 6.10 Å². The molecule has 2 N–H and O–H groups in total. The van der Waals surface area contributed by atoms with Gasteiger partial charge in [-0.3, -0.25) is 4.79 Å². The van der Waals surface area contributed by atoms with Crippen LogP contribution in [0.1, 0.15) is 30.5 Å². The summed E-state index contributed by atoms with van der Waals surface area (Å²) < 4.78 is 5.76. The molecule has 2 rings (SSSR count). The first-order valence-corrected chi connectivity index (χ1v) is 7.29. The lowest BCUT2D eigenvalue weighted by Gasteiger charge is -2.15. The fourth-order valence-electron chi connectivity index (χ4n) is 2.45. The van der Waals surface area contributed by atoms with E-state index < -0.39 is 0 Å². The number of nitrogens with one attached hydrogen (secondary N) is 2. The van der Waals surface area contributed by atoms with Crippen molar-refractivity contribution in [1.82, 2.24) is 10.6 Å². The van der Waals surface area contributed by atoms with E-state index in [4.69, 9.17) is 4.74 Å². The predicted octanol–water partition coefficient (Wildman–Crippen LogP) is 2.14. The Kier molecular flexibility index (Phi) is 6.49. The topological polar surface area (TPSA) is 50.4 Å². The number of carbonyl (C=O) groups is 1. The number of hydrogen-bond acceptors (Lipinski definition) is 3. The highest BCUT2D eigenvalue weighted by Gasteiger charge is 2.29. The summed E-state index contributed by atoms with van der Waals surface area (Å²) in [6, 6.07) is 4.43. The van der Waals surface area contributed by atoms with Crippen molar-refractivity contribution in [2.45, 2.75) is 46.3 Å². The van der Waals surface area contributed by atoms with Crippen LogP contribution >= 0.6 is 12.4 Å². The molecule has 5 heteroatoms. The molecule has 0 radical (unpaired) electrons. The molecule has 0 saturated carbocycles. The third-order valence-corrected chi connectivity index (χ3v) is 3.78. The Balaban J connectivity index is 0.00000220. The molecule has 0 bridgehead atoms. The normalized spacial score (nSPS) is 17.4. The van der Waals surface area contributed by atoms with E-state index in [-0.39, 0.29) is 30.5 Å². The number of fused-ring (bicyclic) bond motifs is 1. The third kappa shape index (κ3) is 4.35. The molecule has 1 aromatic rings. The van der Waals surface area contributed by atoms with Crippen LogP contribution in [0.2, 0.25) is 0 Å². The lowest BCUT2D eigenvalue weighted by atomic mass is 10.0. The van der Waals surface area contributed by atoms with Crippen LogP contribution in [-0.4, -0.2) is 31.1 Å². The van der Waals surface area contributed by atoms with Gasteiger partial charge in [0.1, 0.15) is 5.75 Å². The van der Waals surface area contributed by atoms with Crippen molar-refractivity contribution in [3.63, 3.8) is 0 Å². The van der Waals surface area contributed by atoms with Gasteiger partial charge in [0.2, 0.25) is 0 Å². The first kappa shape index (κ1) is 17.8. The van der Waals surface area contributed by atoms with Crippen LogP contribution in [0.25, 0.3) is 0 Å². The van der Waals surface area contributed by atoms with Crippen molar-refractivity contribution in [1.29, 1.82) is 0 Å². The molecule has 1 unspecified atom stereocenters. The lowest BCUT2D eigenvalue weighted by Crippen LogP contribution is -2.44. The van der Waals surface area contributed by atoms with Gasteiger partial charge in [-0.1, -0.05) is 13.0 Å². The zero-order valence-corrected chi connectivity index (χ0v) is 14.0. The van der Waals surface area contributed by atoms with Crippen molar-refractivity contribution < 1.29 is 9.53 Å². The molecule has 0 spiro atoms. The third-order valence-electron chi connectivity index (χ3n) is 3.78. The maximum Gasteiger partial charge on any atom is 0.261 e. The molecule has 0 aromatic heterocycles. The molecule has 1 amide bonds. The number of aryl methyl sites for hydroxylation is 2. The van der Waals surface area contributed by atoms with E-state index in [1.165, 1.54) is 11.1 Å². The Morgan fingerprint density at radius 1 is 1.38 bits per heavy atom. The van der Waals surface area contributed by atoms with Gasteiger partial charge >= 0.3 is 0 Å². The van der Waals surface area contributed by atoms with Gasteiger partial charge in [0.25, 0.3) is 5.91 Å². The second kappa shape index (κ2) is 7.66. The van der Waals surface area contributed by atoms with Crippen molar-refractivity contribution in [2.75, 3.05) is 13.1 Å².